The van der Waals surface area contributed by atoms with Gasteiger partial charge in [-0.25, -0.2) is 0 Å². The molecule has 2 rings (SSSR count). The molecule has 0 radical (unpaired) electrons. The SMILES string of the molecule is COCc1cccc(B(O)c2ccc(Cl)c(C)c2)c1. The molecule has 0 aliphatic heterocycles. The molecule has 0 aliphatic carbocycles. The lowest BCUT2D eigenvalue weighted by atomic mass is 9.55. The van der Waals surface area contributed by atoms with Gasteiger partial charge in [-0.2, -0.15) is 0 Å². The zero-order valence-corrected chi connectivity index (χ0v) is 11.8. The molecular weight excluding hydrogens is 258 g/mol. The molecular formula is C15H16BClO2. The Balaban J connectivity index is 2.29. The van der Waals surface area contributed by atoms with Crippen LogP contribution in [0.4, 0.5) is 0 Å². The van der Waals surface area contributed by atoms with Gasteiger partial charge in [-0.3, -0.25) is 0 Å². The van der Waals surface area contributed by atoms with Gasteiger partial charge < -0.3 is 9.76 Å². The number of benzene rings is 2. The molecule has 0 spiro atoms. The molecule has 4 heteroatoms. The molecule has 0 heterocycles. The van der Waals surface area contributed by atoms with Gasteiger partial charge in [-0.05, 0) is 35.0 Å². The van der Waals surface area contributed by atoms with Crippen LogP contribution in [0.1, 0.15) is 11.1 Å². The van der Waals surface area contributed by atoms with E-state index < -0.39 is 6.92 Å². The normalized spacial score (nSPS) is 10.5. The van der Waals surface area contributed by atoms with Crippen LogP contribution in [0, 0.1) is 6.92 Å². The molecule has 2 aromatic rings. The van der Waals surface area contributed by atoms with Crippen molar-refractivity contribution in [2.45, 2.75) is 13.5 Å². The maximum Gasteiger partial charge on any atom is 0.358 e. The zero-order chi connectivity index (χ0) is 13.8. The van der Waals surface area contributed by atoms with Crippen LogP contribution in [0.25, 0.3) is 0 Å². The number of halogens is 1. The lowest BCUT2D eigenvalue weighted by molar-refractivity contribution is 0.185. The molecule has 0 atom stereocenters. The van der Waals surface area contributed by atoms with E-state index in [1.807, 2.05) is 49.4 Å². The fraction of sp³-hybridized carbons (Fsp3) is 0.200. The smallest absolute Gasteiger partial charge is 0.358 e. The van der Waals surface area contributed by atoms with E-state index in [2.05, 4.69) is 0 Å². The number of hydrogen-bond acceptors (Lipinski definition) is 2. The Hall–Kier alpha value is -1.29. The van der Waals surface area contributed by atoms with E-state index in [4.69, 9.17) is 16.3 Å². The second kappa shape index (κ2) is 6.24. The molecule has 2 nitrogen and oxygen atoms in total. The van der Waals surface area contributed by atoms with Crippen molar-refractivity contribution in [3.63, 3.8) is 0 Å². The lowest BCUT2D eigenvalue weighted by Crippen LogP contribution is -2.42. The topological polar surface area (TPSA) is 29.5 Å². The van der Waals surface area contributed by atoms with E-state index in [9.17, 15) is 5.02 Å². The highest BCUT2D eigenvalue weighted by molar-refractivity contribution is 6.79. The lowest BCUT2D eigenvalue weighted by Gasteiger charge is -2.10. The maximum absolute atomic E-state index is 10.4. The first-order chi connectivity index (χ1) is 9.11. The molecule has 1 N–H and O–H groups in total. The monoisotopic (exact) mass is 274 g/mol. The van der Waals surface area contributed by atoms with Crippen LogP contribution in [0.5, 0.6) is 0 Å². The van der Waals surface area contributed by atoms with Crippen molar-refractivity contribution in [1.82, 2.24) is 0 Å². The highest BCUT2D eigenvalue weighted by Crippen LogP contribution is 2.12. The summed E-state index contributed by atoms with van der Waals surface area (Å²) >= 11 is 6.00. The highest BCUT2D eigenvalue weighted by atomic mass is 35.5. The molecule has 0 saturated heterocycles. The quantitative estimate of drug-likeness (QED) is 0.863. The molecule has 0 amide bonds. The van der Waals surface area contributed by atoms with E-state index in [0.29, 0.717) is 11.6 Å². The third-order valence-electron chi connectivity index (χ3n) is 3.08. The van der Waals surface area contributed by atoms with E-state index in [0.717, 1.165) is 22.1 Å². The van der Waals surface area contributed by atoms with Gasteiger partial charge in [0.1, 0.15) is 0 Å². The summed E-state index contributed by atoms with van der Waals surface area (Å²) in [5.41, 5.74) is 3.71. The summed E-state index contributed by atoms with van der Waals surface area (Å²) in [7, 11) is 1.66. The number of ether oxygens (including phenoxy) is 1. The van der Waals surface area contributed by atoms with Crippen molar-refractivity contribution >= 4 is 29.4 Å². The van der Waals surface area contributed by atoms with Crippen LogP contribution < -0.4 is 10.9 Å². The van der Waals surface area contributed by atoms with Crippen LogP contribution in [-0.2, 0) is 11.3 Å². The van der Waals surface area contributed by atoms with E-state index in [1.165, 1.54) is 0 Å². The number of methoxy groups -OCH3 is 1. The largest absolute Gasteiger partial charge is 0.443 e. The van der Waals surface area contributed by atoms with Gasteiger partial charge in [-0.15, -0.1) is 0 Å². The Morgan fingerprint density at radius 1 is 1.16 bits per heavy atom. The number of rotatable bonds is 4. The predicted octanol–water partition coefficient (Wildman–Crippen LogP) is 1.89. The van der Waals surface area contributed by atoms with Gasteiger partial charge in [-0.1, -0.05) is 48.0 Å². The standard InChI is InChI=1S/C15H16BClO2/c1-11-8-14(6-7-15(11)17)16(18)13-5-3-4-12(9-13)10-19-2/h3-9,18H,10H2,1-2H3. The highest BCUT2D eigenvalue weighted by Gasteiger charge is 2.17. The van der Waals surface area contributed by atoms with Crippen LogP contribution >= 0.6 is 11.6 Å². The summed E-state index contributed by atoms with van der Waals surface area (Å²) in [6.07, 6.45) is 0. The molecule has 0 aromatic heterocycles. The van der Waals surface area contributed by atoms with Crippen molar-refractivity contribution < 1.29 is 9.76 Å². The Bertz CT molecular complexity index is 572. The minimum absolute atomic E-state index is 0.542. The van der Waals surface area contributed by atoms with E-state index in [-0.39, 0.29) is 0 Å². The van der Waals surface area contributed by atoms with E-state index in [1.54, 1.807) is 7.11 Å². The summed E-state index contributed by atoms with van der Waals surface area (Å²) < 4.78 is 5.10. The molecule has 19 heavy (non-hydrogen) atoms. The summed E-state index contributed by atoms with van der Waals surface area (Å²) in [4.78, 5) is 0. The van der Waals surface area contributed by atoms with Crippen molar-refractivity contribution in [2.24, 2.45) is 0 Å². The molecule has 0 fully saturated rings. The van der Waals surface area contributed by atoms with Crippen molar-refractivity contribution in [2.75, 3.05) is 7.11 Å². The number of hydrogen-bond donors (Lipinski definition) is 1. The average Bonchev–Trinajstić information content (AvgIpc) is 2.42. The Morgan fingerprint density at radius 2 is 1.89 bits per heavy atom. The summed E-state index contributed by atoms with van der Waals surface area (Å²) in [5, 5.41) is 11.1. The third kappa shape index (κ3) is 3.38. The zero-order valence-electron chi connectivity index (χ0n) is 11.1. The fourth-order valence-corrected chi connectivity index (χ4v) is 2.17. The second-order valence-electron chi connectivity index (χ2n) is 4.59. The average molecular weight is 275 g/mol. The van der Waals surface area contributed by atoms with Crippen LogP contribution in [0.2, 0.25) is 5.02 Å². The Morgan fingerprint density at radius 3 is 2.58 bits per heavy atom. The molecule has 0 aliphatic rings. The van der Waals surface area contributed by atoms with Gasteiger partial charge in [0.2, 0.25) is 0 Å². The van der Waals surface area contributed by atoms with Crippen LogP contribution in [0.15, 0.2) is 42.5 Å². The van der Waals surface area contributed by atoms with Crippen molar-refractivity contribution in [3.05, 3.63) is 58.6 Å². The first-order valence-electron chi connectivity index (χ1n) is 6.13. The van der Waals surface area contributed by atoms with Crippen molar-refractivity contribution in [3.8, 4) is 0 Å². The molecule has 0 saturated carbocycles. The first-order valence-corrected chi connectivity index (χ1v) is 6.51. The third-order valence-corrected chi connectivity index (χ3v) is 3.50. The molecule has 0 bridgehead atoms. The predicted molar refractivity (Wildman–Crippen MR) is 80.6 cm³/mol. The second-order valence-corrected chi connectivity index (χ2v) is 5.00. The van der Waals surface area contributed by atoms with Gasteiger partial charge in [0.15, 0.2) is 0 Å². The first kappa shape index (κ1) is 14.1. The van der Waals surface area contributed by atoms with E-state index >= 15 is 0 Å². The number of aryl methyl sites for hydroxylation is 1. The molecule has 0 unspecified atom stereocenters. The molecule has 98 valence electrons. The molecule has 2 aromatic carbocycles. The maximum atomic E-state index is 10.4. The minimum Gasteiger partial charge on any atom is -0.443 e. The van der Waals surface area contributed by atoms with Gasteiger partial charge in [0.25, 0.3) is 0 Å². The van der Waals surface area contributed by atoms with Crippen LogP contribution in [-0.4, -0.2) is 19.0 Å². The summed E-state index contributed by atoms with van der Waals surface area (Å²) in [6, 6.07) is 13.3. The van der Waals surface area contributed by atoms with Crippen molar-refractivity contribution in [1.29, 1.82) is 0 Å². The fourth-order valence-electron chi connectivity index (χ4n) is 2.05. The van der Waals surface area contributed by atoms with Gasteiger partial charge >= 0.3 is 6.92 Å². The van der Waals surface area contributed by atoms with Gasteiger partial charge in [0.05, 0.1) is 6.61 Å². The Kier molecular flexibility index (Phi) is 4.64. The van der Waals surface area contributed by atoms with Crippen LogP contribution in [0.3, 0.4) is 0 Å². The minimum atomic E-state index is -0.646. The van der Waals surface area contributed by atoms with Gasteiger partial charge in [0, 0.05) is 12.1 Å². The summed E-state index contributed by atoms with van der Waals surface area (Å²) in [6.45, 7) is 1.83. The Labute approximate surface area is 119 Å². The summed E-state index contributed by atoms with van der Waals surface area (Å²) in [5.74, 6) is 0.